The lowest BCUT2D eigenvalue weighted by Gasteiger charge is -2.35. The zero-order valence-corrected chi connectivity index (χ0v) is 15.3. The molecule has 2 bridgehead atoms. The second-order valence-electron chi connectivity index (χ2n) is 7.31. The second-order valence-corrected chi connectivity index (χ2v) is 7.31. The van der Waals surface area contributed by atoms with E-state index in [1.54, 1.807) is 24.1 Å². The van der Waals surface area contributed by atoms with Crippen LogP contribution in [0.4, 0.5) is 0 Å². The first kappa shape index (κ1) is 16.8. The molecule has 0 spiro atoms. The van der Waals surface area contributed by atoms with Crippen LogP contribution in [0.1, 0.15) is 40.2 Å². The van der Waals surface area contributed by atoms with Crippen LogP contribution in [0.5, 0.6) is 0 Å². The lowest BCUT2D eigenvalue weighted by Crippen LogP contribution is -2.47. The summed E-state index contributed by atoms with van der Waals surface area (Å²) in [6.45, 7) is 5.29. The van der Waals surface area contributed by atoms with Gasteiger partial charge in [0, 0.05) is 37.9 Å². The van der Waals surface area contributed by atoms with Crippen LogP contribution < -0.4 is 0 Å². The first-order valence-corrected chi connectivity index (χ1v) is 8.94. The van der Waals surface area contributed by atoms with Crippen LogP contribution in [0, 0.1) is 19.8 Å². The molecule has 3 fully saturated rings. The molecule has 8 nitrogen and oxygen atoms in total. The van der Waals surface area contributed by atoms with Crippen LogP contribution in [-0.2, 0) is 18.4 Å². The van der Waals surface area contributed by atoms with Crippen molar-refractivity contribution in [2.24, 2.45) is 13.0 Å². The third-order valence-corrected chi connectivity index (χ3v) is 5.54. The minimum absolute atomic E-state index is 0.0237. The molecule has 3 saturated heterocycles. The van der Waals surface area contributed by atoms with Crippen LogP contribution in [0.25, 0.3) is 0 Å². The number of carbonyl (C=O) groups excluding carboxylic acids is 2. The molecular weight excluding hydrogens is 334 g/mol. The summed E-state index contributed by atoms with van der Waals surface area (Å²) in [5.74, 6) is 0.679. The molecule has 8 heteroatoms. The third kappa shape index (κ3) is 2.79. The Morgan fingerprint density at radius 1 is 1.31 bits per heavy atom. The Balaban J connectivity index is 1.57. The Hall–Kier alpha value is -2.64. The first-order chi connectivity index (χ1) is 12.4. The van der Waals surface area contributed by atoms with Gasteiger partial charge >= 0.3 is 0 Å². The van der Waals surface area contributed by atoms with Gasteiger partial charge in [-0.3, -0.25) is 14.3 Å². The number of piperidine rings is 1. The summed E-state index contributed by atoms with van der Waals surface area (Å²) >= 11 is 0. The zero-order valence-electron chi connectivity index (χ0n) is 15.3. The van der Waals surface area contributed by atoms with E-state index in [1.165, 1.54) is 0 Å². The minimum atomic E-state index is -0.144. The van der Waals surface area contributed by atoms with E-state index in [1.807, 2.05) is 23.6 Å². The summed E-state index contributed by atoms with van der Waals surface area (Å²) in [5, 5.41) is 8.07. The predicted octanol–water partition coefficient (Wildman–Crippen LogP) is 1.29. The van der Waals surface area contributed by atoms with Gasteiger partial charge in [0.2, 0.25) is 5.91 Å². The van der Waals surface area contributed by atoms with Crippen molar-refractivity contribution < 1.29 is 14.1 Å². The number of fused-ring (bicyclic) bond motifs is 4. The van der Waals surface area contributed by atoms with E-state index in [-0.39, 0.29) is 23.8 Å². The van der Waals surface area contributed by atoms with Crippen molar-refractivity contribution in [1.29, 1.82) is 0 Å². The van der Waals surface area contributed by atoms with Gasteiger partial charge in [0.25, 0.3) is 5.91 Å². The molecule has 2 aromatic rings. The van der Waals surface area contributed by atoms with Gasteiger partial charge in [-0.15, -0.1) is 0 Å². The molecular formula is C18H23N5O3. The molecule has 0 radical (unpaired) electrons. The van der Waals surface area contributed by atoms with Crippen molar-refractivity contribution in [3.8, 4) is 0 Å². The van der Waals surface area contributed by atoms with Gasteiger partial charge in [-0.2, -0.15) is 5.10 Å². The Bertz CT molecular complexity index is 835. The molecule has 2 atom stereocenters. The summed E-state index contributed by atoms with van der Waals surface area (Å²) in [4.78, 5) is 29.6. The highest BCUT2D eigenvalue weighted by Crippen LogP contribution is 2.32. The predicted molar refractivity (Wildman–Crippen MR) is 92.2 cm³/mol. The van der Waals surface area contributed by atoms with Crippen molar-refractivity contribution in [2.45, 2.75) is 39.3 Å². The highest BCUT2D eigenvalue weighted by Gasteiger charge is 2.42. The molecule has 0 N–H and O–H groups in total. The fourth-order valence-electron chi connectivity index (χ4n) is 4.03. The van der Waals surface area contributed by atoms with E-state index < -0.39 is 0 Å². The molecule has 5 heterocycles. The molecule has 5 rings (SSSR count). The molecule has 2 aromatic heterocycles. The highest BCUT2D eigenvalue weighted by molar-refractivity contribution is 5.94. The molecule has 2 amide bonds. The number of hydrogen-bond donors (Lipinski definition) is 0. The molecule has 0 unspecified atom stereocenters. The number of aryl methyl sites for hydroxylation is 3. The van der Waals surface area contributed by atoms with Crippen molar-refractivity contribution in [3.05, 3.63) is 35.0 Å². The summed E-state index contributed by atoms with van der Waals surface area (Å²) < 4.78 is 6.86. The summed E-state index contributed by atoms with van der Waals surface area (Å²) in [7, 11) is 1.79. The molecule has 26 heavy (non-hydrogen) atoms. The maximum Gasteiger partial charge on any atom is 0.257 e. The zero-order chi connectivity index (χ0) is 18.4. The quantitative estimate of drug-likeness (QED) is 0.826. The number of hydrogen-bond acceptors (Lipinski definition) is 5. The van der Waals surface area contributed by atoms with Crippen molar-refractivity contribution >= 4 is 11.8 Å². The normalized spacial score (nSPS) is 22.8. The van der Waals surface area contributed by atoms with Crippen molar-refractivity contribution in [3.63, 3.8) is 0 Å². The standard InChI is InChI=1S/C18H23N5O3/c1-11-16(12(2)26-20-11)10-23-15-5-4-13(18(23)25)8-22(9-15)17(24)14-6-19-21(3)7-14/h6-7,13,15H,4-5,8-10H2,1-3H3/t13-,15+/m1/s1. The number of rotatable bonds is 3. The van der Waals surface area contributed by atoms with E-state index in [4.69, 9.17) is 4.52 Å². The molecule has 0 aromatic carbocycles. The Labute approximate surface area is 151 Å². The Morgan fingerprint density at radius 2 is 2.12 bits per heavy atom. The van der Waals surface area contributed by atoms with Crippen LogP contribution >= 0.6 is 0 Å². The minimum Gasteiger partial charge on any atom is -0.361 e. The van der Waals surface area contributed by atoms with E-state index in [2.05, 4.69) is 10.3 Å². The van der Waals surface area contributed by atoms with E-state index in [9.17, 15) is 9.59 Å². The van der Waals surface area contributed by atoms with Crippen LogP contribution in [0.3, 0.4) is 0 Å². The monoisotopic (exact) mass is 357 g/mol. The molecule has 0 saturated carbocycles. The lowest BCUT2D eigenvalue weighted by molar-refractivity contribution is -0.140. The van der Waals surface area contributed by atoms with Crippen LogP contribution in [-0.4, -0.2) is 55.7 Å². The van der Waals surface area contributed by atoms with Gasteiger partial charge in [-0.25, -0.2) is 0 Å². The molecule has 0 aliphatic carbocycles. The van der Waals surface area contributed by atoms with E-state index >= 15 is 0 Å². The number of carbonyl (C=O) groups is 2. The fraction of sp³-hybridized carbons (Fsp3) is 0.556. The maximum atomic E-state index is 13.0. The Morgan fingerprint density at radius 3 is 2.77 bits per heavy atom. The van der Waals surface area contributed by atoms with Gasteiger partial charge in [0.05, 0.1) is 29.9 Å². The molecule has 3 aliphatic heterocycles. The van der Waals surface area contributed by atoms with E-state index in [0.717, 1.165) is 29.9 Å². The molecule has 3 aliphatic rings. The molecule has 138 valence electrons. The topological polar surface area (TPSA) is 84.5 Å². The van der Waals surface area contributed by atoms with Gasteiger partial charge in [-0.1, -0.05) is 5.16 Å². The number of amides is 2. The maximum absolute atomic E-state index is 13.0. The SMILES string of the molecule is Cc1noc(C)c1CN1C(=O)[C@@H]2CC[C@H]1CN(C(=O)c1cnn(C)c1)C2. The van der Waals surface area contributed by atoms with Crippen LogP contribution in [0.2, 0.25) is 0 Å². The number of nitrogens with zero attached hydrogens (tertiary/aromatic N) is 5. The smallest absolute Gasteiger partial charge is 0.257 e. The number of aromatic nitrogens is 3. The summed E-state index contributed by atoms with van der Waals surface area (Å²) in [6, 6.07) is 0.0237. The largest absolute Gasteiger partial charge is 0.361 e. The lowest BCUT2D eigenvalue weighted by atomic mass is 9.93. The average Bonchev–Trinajstić information content (AvgIpc) is 3.06. The third-order valence-electron chi connectivity index (χ3n) is 5.54. The van der Waals surface area contributed by atoms with Gasteiger partial charge < -0.3 is 14.3 Å². The van der Waals surface area contributed by atoms with Gasteiger partial charge in [0.15, 0.2) is 0 Å². The van der Waals surface area contributed by atoms with E-state index in [0.29, 0.717) is 25.2 Å². The van der Waals surface area contributed by atoms with Crippen molar-refractivity contribution in [1.82, 2.24) is 24.7 Å². The average molecular weight is 357 g/mol. The van der Waals surface area contributed by atoms with Crippen molar-refractivity contribution in [2.75, 3.05) is 13.1 Å². The highest BCUT2D eigenvalue weighted by atomic mass is 16.5. The van der Waals surface area contributed by atoms with Gasteiger partial charge in [0.1, 0.15) is 5.76 Å². The van der Waals surface area contributed by atoms with Gasteiger partial charge in [-0.05, 0) is 26.7 Å². The fourth-order valence-corrected chi connectivity index (χ4v) is 4.03. The van der Waals surface area contributed by atoms with Crippen LogP contribution in [0.15, 0.2) is 16.9 Å². The first-order valence-electron chi connectivity index (χ1n) is 8.94. The Kier molecular flexibility index (Phi) is 4.05. The second kappa shape index (κ2) is 6.26. The summed E-state index contributed by atoms with van der Waals surface area (Å²) in [6.07, 6.45) is 5.05. The summed E-state index contributed by atoms with van der Waals surface area (Å²) in [5.41, 5.74) is 2.35.